The number of aromatic amines is 1. The zero-order chi connectivity index (χ0) is 37.1. The Kier molecular flexibility index (Phi) is 23.3. The summed E-state index contributed by atoms with van der Waals surface area (Å²) in [6, 6.07) is 0. The molecule has 0 aromatic carbocycles. The Morgan fingerprint density at radius 1 is 0.692 bits per heavy atom. The molecule has 1 saturated heterocycles. The van der Waals surface area contributed by atoms with Crippen LogP contribution in [0.5, 0.6) is 0 Å². The number of imidazole rings is 1. The number of carbonyl (C=O) groups is 2. The SMILES string of the molecule is CCCCCCCCCCCCCCCC(=O)OC[C@@H]1C[C@@H](OC(=O)CCCCCCCCCCCCCCC)[C@H](n2cnc3c(=O)[nH]cnc32)O1. The highest BCUT2D eigenvalue weighted by Gasteiger charge is 2.40. The zero-order valence-electron chi connectivity index (χ0n) is 32.9. The number of carbonyl (C=O) groups excluding carboxylic acids is 2. The van der Waals surface area contributed by atoms with Gasteiger partial charge in [0.05, 0.1) is 18.8 Å². The Morgan fingerprint density at radius 3 is 1.65 bits per heavy atom. The Bertz CT molecular complexity index is 1280. The summed E-state index contributed by atoms with van der Waals surface area (Å²) in [4.78, 5) is 48.9. The molecule has 3 heterocycles. The summed E-state index contributed by atoms with van der Waals surface area (Å²) in [5.41, 5.74) is 0.193. The van der Waals surface area contributed by atoms with Gasteiger partial charge < -0.3 is 19.2 Å². The fraction of sp³-hybridized carbons (Fsp3) is 0.833. The molecule has 0 spiro atoms. The largest absolute Gasteiger partial charge is 0.463 e. The van der Waals surface area contributed by atoms with Gasteiger partial charge in [-0.2, -0.15) is 0 Å². The van der Waals surface area contributed by atoms with Crippen molar-refractivity contribution in [2.45, 2.75) is 218 Å². The molecule has 0 bridgehead atoms. The van der Waals surface area contributed by atoms with Gasteiger partial charge >= 0.3 is 11.9 Å². The van der Waals surface area contributed by atoms with Gasteiger partial charge in [0.2, 0.25) is 0 Å². The molecule has 2 aromatic heterocycles. The number of aromatic nitrogens is 4. The predicted octanol–water partition coefficient (Wildman–Crippen LogP) is 10.8. The van der Waals surface area contributed by atoms with E-state index in [0.29, 0.717) is 24.9 Å². The van der Waals surface area contributed by atoms with Crippen molar-refractivity contribution in [2.75, 3.05) is 6.61 Å². The Labute approximate surface area is 314 Å². The Morgan fingerprint density at radius 2 is 1.15 bits per heavy atom. The standard InChI is InChI=1S/C42H72N4O6/c1-3-5-7-9-11-13-15-17-19-21-23-25-27-29-37(47)50-32-35-31-36(42(51-35)46-34-45-39-40(46)43-33-44-41(39)49)52-38(48)30-28-26-24-22-20-18-16-14-12-10-8-6-4-2/h33-36,42H,3-32H2,1-2H3,(H,43,44,49)/t35-,36+,42+/m0/s1. The molecule has 0 radical (unpaired) electrons. The summed E-state index contributed by atoms with van der Waals surface area (Å²) in [5, 5.41) is 0. The molecule has 3 rings (SSSR count). The van der Waals surface area contributed by atoms with Gasteiger partial charge in [0.15, 0.2) is 17.4 Å². The summed E-state index contributed by atoms with van der Waals surface area (Å²) < 4.78 is 19.5. The molecule has 0 saturated carbocycles. The summed E-state index contributed by atoms with van der Waals surface area (Å²) in [6.07, 6.45) is 34.7. The summed E-state index contributed by atoms with van der Waals surface area (Å²) in [7, 11) is 0. The van der Waals surface area contributed by atoms with Crippen LogP contribution in [0, 0.1) is 0 Å². The van der Waals surface area contributed by atoms with E-state index in [1.807, 2.05) is 0 Å². The lowest BCUT2D eigenvalue weighted by molar-refractivity contribution is -0.155. The first kappa shape index (κ1) is 43.7. The number of fused-ring (bicyclic) bond motifs is 1. The highest BCUT2D eigenvalue weighted by atomic mass is 16.6. The van der Waals surface area contributed by atoms with E-state index in [4.69, 9.17) is 14.2 Å². The van der Waals surface area contributed by atoms with Crippen LogP contribution in [0.4, 0.5) is 0 Å². The van der Waals surface area contributed by atoms with Crippen molar-refractivity contribution in [2.24, 2.45) is 0 Å². The Balaban J connectivity index is 1.32. The van der Waals surface area contributed by atoms with Crippen LogP contribution in [0.3, 0.4) is 0 Å². The second-order valence-corrected chi connectivity index (χ2v) is 15.1. The third-order valence-electron chi connectivity index (χ3n) is 10.5. The number of unbranched alkanes of at least 4 members (excludes halogenated alkanes) is 24. The lowest BCUT2D eigenvalue weighted by atomic mass is 10.0. The minimum Gasteiger partial charge on any atom is -0.463 e. The lowest BCUT2D eigenvalue weighted by Gasteiger charge is -2.20. The smallest absolute Gasteiger partial charge is 0.306 e. The molecule has 0 amide bonds. The second-order valence-electron chi connectivity index (χ2n) is 15.1. The highest BCUT2D eigenvalue weighted by molar-refractivity contribution is 5.70. The normalized spacial score (nSPS) is 17.2. The monoisotopic (exact) mass is 729 g/mol. The fourth-order valence-electron chi connectivity index (χ4n) is 7.28. The fourth-order valence-corrected chi connectivity index (χ4v) is 7.28. The average Bonchev–Trinajstić information content (AvgIpc) is 3.75. The highest BCUT2D eigenvalue weighted by Crippen LogP contribution is 2.33. The summed E-state index contributed by atoms with van der Waals surface area (Å²) in [5.74, 6) is -0.496. The van der Waals surface area contributed by atoms with Gasteiger partial charge in [0, 0.05) is 19.3 Å². The molecule has 1 fully saturated rings. The molecule has 2 aromatic rings. The van der Waals surface area contributed by atoms with Crippen molar-refractivity contribution < 1.29 is 23.8 Å². The quantitative estimate of drug-likeness (QED) is 0.0583. The first-order valence-corrected chi connectivity index (χ1v) is 21.4. The lowest BCUT2D eigenvalue weighted by Crippen LogP contribution is -2.25. The van der Waals surface area contributed by atoms with Gasteiger partial charge in [0.25, 0.3) is 5.56 Å². The van der Waals surface area contributed by atoms with E-state index in [9.17, 15) is 14.4 Å². The van der Waals surface area contributed by atoms with Crippen LogP contribution in [0.15, 0.2) is 17.4 Å². The maximum absolute atomic E-state index is 13.0. The molecule has 3 atom stereocenters. The second kappa shape index (κ2) is 27.8. The van der Waals surface area contributed by atoms with Crippen molar-refractivity contribution in [1.82, 2.24) is 19.5 Å². The van der Waals surface area contributed by atoms with E-state index in [2.05, 4.69) is 28.8 Å². The minimum absolute atomic E-state index is 0.0846. The predicted molar refractivity (Wildman–Crippen MR) is 208 cm³/mol. The topological polar surface area (TPSA) is 125 Å². The number of esters is 2. The molecule has 1 aliphatic rings. The number of nitrogens with one attached hydrogen (secondary N) is 1. The van der Waals surface area contributed by atoms with Crippen molar-refractivity contribution in [3.05, 3.63) is 23.0 Å². The number of hydrogen-bond acceptors (Lipinski definition) is 8. The van der Waals surface area contributed by atoms with Gasteiger partial charge in [-0.25, -0.2) is 9.97 Å². The van der Waals surface area contributed by atoms with Crippen LogP contribution < -0.4 is 5.56 Å². The number of hydrogen-bond donors (Lipinski definition) is 1. The van der Waals surface area contributed by atoms with Gasteiger partial charge in [-0.05, 0) is 12.8 Å². The van der Waals surface area contributed by atoms with Crippen molar-refractivity contribution in [3.63, 3.8) is 0 Å². The maximum atomic E-state index is 13.0. The van der Waals surface area contributed by atoms with Crippen molar-refractivity contribution in [1.29, 1.82) is 0 Å². The molecule has 0 unspecified atom stereocenters. The van der Waals surface area contributed by atoms with Crippen molar-refractivity contribution in [3.8, 4) is 0 Å². The van der Waals surface area contributed by atoms with Gasteiger partial charge in [-0.1, -0.05) is 168 Å². The molecular formula is C42H72N4O6. The van der Waals surface area contributed by atoms with E-state index < -0.39 is 18.4 Å². The van der Waals surface area contributed by atoms with Crippen LogP contribution in [-0.2, 0) is 23.8 Å². The number of H-pyrrole nitrogens is 1. The summed E-state index contributed by atoms with van der Waals surface area (Å²) in [6.45, 7) is 4.60. The molecule has 296 valence electrons. The Hall–Kier alpha value is -2.75. The van der Waals surface area contributed by atoms with E-state index in [-0.39, 0.29) is 29.6 Å². The minimum atomic E-state index is -0.723. The van der Waals surface area contributed by atoms with E-state index in [0.717, 1.165) is 38.5 Å². The molecule has 52 heavy (non-hydrogen) atoms. The van der Waals surface area contributed by atoms with Gasteiger partial charge in [-0.15, -0.1) is 0 Å². The number of rotatable bonds is 32. The van der Waals surface area contributed by atoms with Crippen LogP contribution in [0.25, 0.3) is 11.2 Å². The molecule has 10 heteroatoms. The first-order chi connectivity index (χ1) is 25.5. The van der Waals surface area contributed by atoms with E-state index in [1.54, 1.807) is 4.57 Å². The first-order valence-electron chi connectivity index (χ1n) is 21.4. The van der Waals surface area contributed by atoms with Crippen LogP contribution in [0.2, 0.25) is 0 Å². The van der Waals surface area contributed by atoms with E-state index >= 15 is 0 Å². The summed E-state index contributed by atoms with van der Waals surface area (Å²) >= 11 is 0. The molecular weight excluding hydrogens is 656 g/mol. The molecule has 10 nitrogen and oxygen atoms in total. The van der Waals surface area contributed by atoms with Crippen molar-refractivity contribution >= 4 is 23.1 Å². The molecule has 1 N–H and O–H groups in total. The van der Waals surface area contributed by atoms with Crippen LogP contribution in [0.1, 0.15) is 206 Å². The number of nitrogens with zero attached hydrogens (tertiary/aromatic N) is 3. The third-order valence-corrected chi connectivity index (χ3v) is 10.5. The van der Waals surface area contributed by atoms with Crippen LogP contribution in [-0.4, -0.2) is 50.3 Å². The van der Waals surface area contributed by atoms with E-state index in [1.165, 1.54) is 141 Å². The van der Waals surface area contributed by atoms with Gasteiger partial charge in [-0.3, -0.25) is 19.0 Å². The molecule has 1 aliphatic heterocycles. The van der Waals surface area contributed by atoms with Crippen LogP contribution >= 0.6 is 0 Å². The third kappa shape index (κ3) is 17.8. The maximum Gasteiger partial charge on any atom is 0.306 e. The van der Waals surface area contributed by atoms with Gasteiger partial charge in [0.1, 0.15) is 12.7 Å². The zero-order valence-corrected chi connectivity index (χ0v) is 32.9. The molecule has 0 aliphatic carbocycles. The average molecular weight is 729 g/mol. The number of ether oxygens (including phenoxy) is 3.